The molecule has 2 aromatic rings. The fourth-order valence-corrected chi connectivity index (χ4v) is 3.81. The van der Waals surface area contributed by atoms with Gasteiger partial charge in [-0.1, -0.05) is 0 Å². The number of ether oxygens (including phenoxy) is 1. The van der Waals surface area contributed by atoms with Crippen molar-refractivity contribution < 1.29 is 17.9 Å². The van der Waals surface area contributed by atoms with Crippen LogP contribution in [0.5, 0.6) is 0 Å². The van der Waals surface area contributed by atoms with E-state index in [2.05, 4.69) is 19.7 Å². The lowest BCUT2D eigenvalue weighted by Gasteiger charge is -2.40. The molecule has 3 heterocycles. The van der Waals surface area contributed by atoms with Gasteiger partial charge >= 0.3 is 16.3 Å². The maximum absolute atomic E-state index is 11.9. The zero-order valence-electron chi connectivity index (χ0n) is 16.5. The molecule has 0 bridgehead atoms. The molecule has 1 fully saturated rings. The van der Waals surface area contributed by atoms with Gasteiger partial charge in [0.2, 0.25) is 0 Å². The first-order valence-electron chi connectivity index (χ1n) is 9.08. The smallest absolute Gasteiger partial charge is 0.422 e. The van der Waals surface area contributed by atoms with Crippen LogP contribution in [0, 0.1) is 12.8 Å². The number of carbonyl (C=O) groups excluding carboxylic acids is 1. The Morgan fingerprint density at radius 1 is 1.36 bits per heavy atom. The average molecular weight is 411 g/mol. The van der Waals surface area contributed by atoms with Crippen molar-refractivity contribution in [1.82, 2.24) is 24.0 Å². The van der Waals surface area contributed by atoms with Gasteiger partial charge in [0.15, 0.2) is 5.82 Å². The van der Waals surface area contributed by atoms with Crippen molar-refractivity contribution >= 4 is 27.6 Å². The SMILES string of the molecule is Cc1ccn2ncnc(N3CC(CCNS(=O)(=O)NC(=O)OC(C)(C)C)C3)c12. The molecule has 0 radical (unpaired) electrons. The Morgan fingerprint density at radius 2 is 2.07 bits per heavy atom. The number of fused-ring (bicyclic) bond motifs is 1. The molecule has 3 rings (SSSR count). The maximum atomic E-state index is 11.9. The highest BCUT2D eigenvalue weighted by Crippen LogP contribution is 2.29. The normalized spacial score (nSPS) is 15.5. The summed E-state index contributed by atoms with van der Waals surface area (Å²) >= 11 is 0. The zero-order valence-corrected chi connectivity index (χ0v) is 17.3. The summed E-state index contributed by atoms with van der Waals surface area (Å²) in [6, 6.07) is 2.00. The molecule has 0 atom stereocenters. The van der Waals surface area contributed by atoms with Crippen molar-refractivity contribution in [3.8, 4) is 0 Å². The summed E-state index contributed by atoms with van der Waals surface area (Å²) in [6.07, 6.45) is 3.10. The van der Waals surface area contributed by atoms with Crippen LogP contribution in [-0.4, -0.2) is 54.3 Å². The number of hydrogen-bond acceptors (Lipinski definition) is 7. The number of carbonyl (C=O) groups is 1. The minimum Gasteiger partial charge on any atom is -0.443 e. The number of anilines is 1. The van der Waals surface area contributed by atoms with Crippen LogP contribution in [0.1, 0.15) is 32.8 Å². The van der Waals surface area contributed by atoms with Gasteiger partial charge in [-0.25, -0.2) is 19.0 Å². The molecule has 0 spiro atoms. The van der Waals surface area contributed by atoms with Gasteiger partial charge in [-0.15, -0.1) is 0 Å². The zero-order chi connectivity index (χ0) is 20.5. The van der Waals surface area contributed by atoms with E-state index in [-0.39, 0.29) is 6.54 Å². The number of rotatable bonds is 6. The van der Waals surface area contributed by atoms with Crippen LogP contribution in [0.4, 0.5) is 10.6 Å². The molecule has 28 heavy (non-hydrogen) atoms. The Balaban J connectivity index is 1.45. The molecule has 1 amide bonds. The Bertz CT molecular complexity index is 960. The minimum absolute atomic E-state index is 0.236. The van der Waals surface area contributed by atoms with Gasteiger partial charge in [-0.3, -0.25) is 0 Å². The van der Waals surface area contributed by atoms with Crippen molar-refractivity contribution in [2.75, 3.05) is 24.5 Å². The lowest BCUT2D eigenvalue weighted by molar-refractivity contribution is 0.0569. The lowest BCUT2D eigenvalue weighted by Crippen LogP contribution is -2.49. The first kappa shape index (κ1) is 20.3. The van der Waals surface area contributed by atoms with E-state index in [4.69, 9.17) is 4.74 Å². The van der Waals surface area contributed by atoms with E-state index in [1.54, 1.807) is 20.8 Å². The van der Waals surface area contributed by atoms with Crippen molar-refractivity contribution in [3.05, 3.63) is 24.2 Å². The topological polar surface area (TPSA) is 118 Å². The van der Waals surface area contributed by atoms with E-state index in [1.165, 1.54) is 6.33 Å². The maximum Gasteiger partial charge on any atom is 0.422 e. The van der Waals surface area contributed by atoms with Crippen LogP contribution >= 0.6 is 0 Å². The molecule has 11 heteroatoms. The van der Waals surface area contributed by atoms with Gasteiger partial charge in [0, 0.05) is 25.8 Å². The predicted octanol–water partition coefficient (Wildman–Crippen LogP) is 1.22. The number of aromatic nitrogens is 3. The van der Waals surface area contributed by atoms with Gasteiger partial charge in [-0.2, -0.15) is 18.2 Å². The van der Waals surface area contributed by atoms with Crippen molar-refractivity contribution in [1.29, 1.82) is 0 Å². The number of nitrogens with one attached hydrogen (secondary N) is 2. The molecule has 154 valence electrons. The van der Waals surface area contributed by atoms with Crippen LogP contribution in [0.25, 0.3) is 5.52 Å². The van der Waals surface area contributed by atoms with Gasteiger partial charge < -0.3 is 9.64 Å². The predicted molar refractivity (Wildman–Crippen MR) is 104 cm³/mol. The molecule has 2 aromatic heterocycles. The molecule has 1 aliphatic rings. The lowest BCUT2D eigenvalue weighted by atomic mass is 9.96. The van der Waals surface area contributed by atoms with Crippen LogP contribution in [0.2, 0.25) is 0 Å². The highest BCUT2D eigenvalue weighted by molar-refractivity contribution is 7.88. The fraction of sp³-hybridized carbons (Fsp3) is 0.588. The van der Waals surface area contributed by atoms with Crippen molar-refractivity contribution in [2.24, 2.45) is 5.92 Å². The largest absolute Gasteiger partial charge is 0.443 e. The average Bonchev–Trinajstić information content (AvgIpc) is 2.89. The summed E-state index contributed by atoms with van der Waals surface area (Å²) < 4.78 is 34.8. The Hall–Kier alpha value is -2.40. The molecule has 10 nitrogen and oxygen atoms in total. The van der Waals surface area contributed by atoms with Crippen LogP contribution in [0.15, 0.2) is 18.6 Å². The Kier molecular flexibility index (Phi) is 5.48. The van der Waals surface area contributed by atoms with E-state index < -0.39 is 21.9 Å². The van der Waals surface area contributed by atoms with E-state index in [1.807, 2.05) is 28.4 Å². The van der Waals surface area contributed by atoms with E-state index in [9.17, 15) is 13.2 Å². The standard InChI is InChI=1S/C17H26N6O4S/c1-12-6-8-23-14(12)15(18-11-19-23)22-9-13(10-22)5-7-20-28(25,26)21-16(24)27-17(2,3)4/h6,8,11,13,20H,5,7,9-10H2,1-4H3,(H,21,24). The van der Waals surface area contributed by atoms with Crippen LogP contribution in [0.3, 0.4) is 0 Å². The Morgan fingerprint density at radius 3 is 2.75 bits per heavy atom. The monoisotopic (exact) mass is 410 g/mol. The first-order valence-corrected chi connectivity index (χ1v) is 10.6. The van der Waals surface area contributed by atoms with Crippen LogP contribution < -0.4 is 14.3 Å². The van der Waals surface area contributed by atoms with Crippen LogP contribution in [-0.2, 0) is 14.9 Å². The summed E-state index contributed by atoms with van der Waals surface area (Å²) in [7, 11) is -3.94. The third-order valence-electron chi connectivity index (χ3n) is 4.35. The van der Waals surface area contributed by atoms with Gasteiger partial charge in [0.25, 0.3) is 0 Å². The summed E-state index contributed by atoms with van der Waals surface area (Å²) in [5, 5.41) is 4.20. The molecule has 0 aromatic carbocycles. The van der Waals surface area contributed by atoms with Crippen molar-refractivity contribution in [3.63, 3.8) is 0 Å². The third kappa shape index (κ3) is 4.90. The summed E-state index contributed by atoms with van der Waals surface area (Å²) in [4.78, 5) is 18.1. The summed E-state index contributed by atoms with van der Waals surface area (Å²) in [5.74, 6) is 1.23. The number of nitrogens with zero attached hydrogens (tertiary/aromatic N) is 4. The highest BCUT2D eigenvalue weighted by Gasteiger charge is 2.30. The Labute approximate surface area is 164 Å². The summed E-state index contributed by atoms with van der Waals surface area (Å²) in [5.41, 5.74) is 1.34. The third-order valence-corrected chi connectivity index (χ3v) is 5.37. The van der Waals surface area contributed by atoms with Gasteiger partial charge in [0.05, 0.1) is 0 Å². The molecule has 0 saturated carbocycles. The van der Waals surface area contributed by atoms with E-state index >= 15 is 0 Å². The molecule has 2 N–H and O–H groups in total. The molecule has 1 aliphatic heterocycles. The van der Waals surface area contributed by atoms with Crippen molar-refractivity contribution in [2.45, 2.75) is 39.7 Å². The first-order chi connectivity index (χ1) is 13.0. The fourth-order valence-electron chi connectivity index (χ4n) is 3.09. The second-order valence-corrected chi connectivity index (χ2v) is 9.44. The van der Waals surface area contributed by atoms with E-state index in [0.717, 1.165) is 30.0 Å². The van der Waals surface area contributed by atoms with Gasteiger partial charge in [0.1, 0.15) is 17.4 Å². The minimum atomic E-state index is -3.94. The molecular weight excluding hydrogens is 384 g/mol. The quantitative estimate of drug-likeness (QED) is 0.735. The number of amides is 1. The number of aryl methyl sites for hydroxylation is 1. The molecular formula is C17H26N6O4S. The highest BCUT2D eigenvalue weighted by atomic mass is 32.2. The molecule has 0 unspecified atom stereocenters. The molecule has 0 aliphatic carbocycles. The van der Waals surface area contributed by atoms with E-state index in [0.29, 0.717) is 12.3 Å². The summed E-state index contributed by atoms with van der Waals surface area (Å²) in [6.45, 7) is 8.82. The second-order valence-electron chi connectivity index (χ2n) is 7.94. The number of hydrogen-bond donors (Lipinski definition) is 2. The second kappa shape index (κ2) is 7.55. The molecule has 1 saturated heterocycles. The van der Waals surface area contributed by atoms with Gasteiger partial charge in [-0.05, 0) is 51.7 Å².